The molecule has 1 aliphatic rings. The van der Waals surface area contributed by atoms with Crippen molar-refractivity contribution in [3.05, 3.63) is 64.4 Å². The number of amides is 2. The average molecular weight is 375 g/mol. The van der Waals surface area contributed by atoms with E-state index in [1.54, 1.807) is 36.4 Å². The average Bonchev–Trinajstić information content (AvgIpc) is 3.41. The molecule has 2 N–H and O–H groups in total. The lowest BCUT2D eigenvalue weighted by Crippen LogP contribution is -2.29. The van der Waals surface area contributed by atoms with Gasteiger partial charge in [0, 0.05) is 17.3 Å². The Bertz CT molecular complexity index is 840. The zero-order valence-corrected chi connectivity index (χ0v) is 15.1. The highest BCUT2D eigenvalue weighted by Gasteiger charge is 2.47. The summed E-state index contributed by atoms with van der Waals surface area (Å²) in [5.74, 6) is -1.27. The van der Waals surface area contributed by atoms with Crippen molar-refractivity contribution in [2.75, 3.05) is 11.9 Å². The normalized spacial score (nSPS) is 18.3. The van der Waals surface area contributed by atoms with Gasteiger partial charge in [-0.3, -0.25) is 9.59 Å². The summed E-state index contributed by atoms with van der Waals surface area (Å²) < 4.78 is 13.5. The number of benzene rings is 2. The first kappa shape index (κ1) is 18.4. The lowest BCUT2D eigenvalue weighted by Gasteiger charge is -2.09. The third kappa shape index (κ3) is 4.22. The van der Waals surface area contributed by atoms with Crippen molar-refractivity contribution in [3.63, 3.8) is 0 Å². The Morgan fingerprint density at radius 2 is 1.85 bits per heavy atom. The molecule has 0 aliphatic heterocycles. The smallest absolute Gasteiger partial charge is 0.228 e. The van der Waals surface area contributed by atoms with E-state index >= 15 is 0 Å². The van der Waals surface area contributed by atoms with Gasteiger partial charge in [-0.05, 0) is 49.1 Å². The van der Waals surface area contributed by atoms with E-state index in [-0.39, 0.29) is 29.5 Å². The van der Waals surface area contributed by atoms with Crippen LogP contribution in [-0.4, -0.2) is 18.4 Å². The molecule has 1 aliphatic carbocycles. The van der Waals surface area contributed by atoms with Gasteiger partial charge in [0.1, 0.15) is 5.82 Å². The summed E-state index contributed by atoms with van der Waals surface area (Å²) in [4.78, 5) is 24.5. The summed E-state index contributed by atoms with van der Waals surface area (Å²) in [6, 6.07) is 11.8. The quantitative estimate of drug-likeness (QED) is 0.809. The number of nitrogens with one attached hydrogen (secondary N) is 2. The maximum Gasteiger partial charge on any atom is 0.228 e. The molecule has 1 fully saturated rings. The topological polar surface area (TPSA) is 58.2 Å². The van der Waals surface area contributed by atoms with Crippen LogP contribution in [0, 0.1) is 24.6 Å². The molecular weight excluding hydrogens is 355 g/mol. The molecule has 0 saturated heterocycles. The molecule has 3 rings (SSSR count). The van der Waals surface area contributed by atoms with Crippen LogP contribution >= 0.6 is 11.6 Å². The van der Waals surface area contributed by atoms with Crippen molar-refractivity contribution in [1.29, 1.82) is 0 Å². The Morgan fingerprint density at radius 3 is 2.62 bits per heavy atom. The summed E-state index contributed by atoms with van der Waals surface area (Å²) in [6.07, 6.45) is 0.945. The molecule has 26 heavy (non-hydrogen) atoms. The highest BCUT2D eigenvalue weighted by molar-refractivity contribution is 6.31. The van der Waals surface area contributed by atoms with Gasteiger partial charge >= 0.3 is 0 Å². The molecule has 0 heterocycles. The molecule has 136 valence electrons. The second kappa shape index (κ2) is 7.87. The van der Waals surface area contributed by atoms with E-state index in [1.165, 1.54) is 6.07 Å². The molecule has 0 bridgehead atoms. The minimum absolute atomic E-state index is 0.163. The van der Waals surface area contributed by atoms with Gasteiger partial charge < -0.3 is 10.6 Å². The van der Waals surface area contributed by atoms with E-state index in [2.05, 4.69) is 10.6 Å². The van der Waals surface area contributed by atoms with Gasteiger partial charge in [0.25, 0.3) is 0 Å². The molecular formula is C20H20ClFN2O2. The van der Waals surface area contributed by atoms with Crippen molar-refractivity contribution >= 4 is 29.1 Å². The fraction of sp³-hybridized carbons (Fsp3) is 0.300. The minimum Gasteiger partial charge on any atom is -0.356 e. The van der Waals surface area contributed by atoms with Crippen LogP contribution in [0.15, 0.2) is 42.5 Å². The van der Waals surface area contributed by atoms with Crippen LogP contribution in [-0.2, 0) is 16.0 Å². The van der Waals surface area contributed by atoms with Crippen LogP contribution in [0.4, 0.5) is 10.1 Å². The van der Waals surface area contributed by atoms with Gasteiger partial charge in [-0.15, -0.1) is 0 Å². The summed E-state index contributed by atoms with van der Waals surface area (Å²) in [5.41, 5.74) is 2.02. The molecule has 4 nitrogen and oxygen atoms in total. The van der Waals surface area contributed by atoms with Crippen molar-refractivity contribution in [2.45, 2.75) is 19.8 Å². The van der Waals surface area contributed by atoms with Crippen LogP contribution in [0.2, 0.25) is 5.02 Å². The highest BCUT2D eigenvalue weighted by atomic mass is 35.5. The van der Waals surface area contributed by atoms with E-state index < -0.39 is 0 Å². The standard InChI is InChI=1S/C20H20ClFN2O2/c1-12-16(21)6-4-8-18(12)24-20(26)15-11-14(15)19(25)23-10-9-13-5-2-3-7-17(13)22/h2-8,14-15H,9-11H2,1H3,(H,23,25)(H,24,26). The minimum atomic E-state index is -0.332. The number of anilines is 1. The molecule has 2 unspecified atom stereocenters. The SMILES string of the molecule is Cc1c(Cl)cccc1NC(=O)C1CC1C(=O)NCCc1ccccc1F. The third-order valence-electron chi connectivity index (χ3n) is 4.64. The first-order valence-corrected chi connectivity index (χ1v) is 8.92. The van der Waals surface area contributed by atoms with Gasteiger partial charge in [-0.25, -0.2) is 4.39 Å². The Labute approximate surface area is 156 Å². The van der Waals surface area contributed by atoms with Crippen LogP contribution in [0.3, 0.4) is 0 Å². The molecule has 1 saturated carbocycles. The van der Waals surface area contributed by atoms with Crippen molar-refractivity contribution in [2.24, 2.45) is 11.8 Å². The fourth-order valence-corrected chi connectivity index (χ4v) is 3.07. The molecule has 2 atom stereocenters. The second-order valence-corrected chi connectivity index (χ2v) is 6.89. The van der Waals surface area contributed by atoms with Crippen LogP contribution in [0.1, 0.15) is 17.5 Å². The van der Waals surface area contributed by atoms with E-state index in [0.717, 1.165) is 5.56 Å². The van der Waals surface area contributed by atoms with Crippen molar-refractivity contribution < 1.29 is 14.0 Å². The third-order valence-corrected chi connectivity index (χ3v) is 5.05. The lowest BCUT2D eigenvalue weighted by molar-refractivity contribution is -0.125. The maximum atomic E-state index is 13.5. The number of carbonyl (C=O) groups excluding carboxylic acids is 2. The van der Waals surface area contributed by atoms with E-state index in [1.807, 2.05) is 6.92 Å². The summed E-state index contributed by atoms with van der Waals surface area (Å²) in [5, 5.41) is 6.20. The van der Waals surface area contributed by atoms with Crippen LogP contribution in [0.25, 0.3) is 0 Å². The summed E-state index contributed by atoms with van der Waals surface area (Å²) >= 11 is 6.05. The summed E-state index contributed by atoms with van der Waals surface area (Å²) in [7, 11) is 0. The lowest BCUT2D eigenvalue weighted by atomic mass is 10.1. The second-order valence-electron chi connectivity index (χ2n) is 6.48. The van der Waals surface area contributed by atoms with Crippen molar-refractivity contribution in [1.82, 2.24) is 5.32 Å². The Kier molecular flexibility index (Phi) is 5.57. The molecule has 0 radical (unpaired) electrons. The number of hydrogen-bond donors (Lipinski definition) is 2. The van der Waals surface area contributed by atoms with E-state index in [9.17, 15) is 14.0 Å². The van der Waals surface area contributed by atoms with Gasteiger partial charge in [-0.1, -0.05) is 35.9 Å². The Hall–Kier alpha value is -2.40. The number of halogens is 2. The van der Waals surface area contributed by atoms with E-state index in [0.29, 0.717) is 35.7 Å². The Morgan fingerprint density at radius 1 is 1.12 bits per heavy atom. The molecule has 0 aromatic heterocycles. The van der Waals surface area contributed by atoms with Crippen molar-refractivity contribution in [3.8, 4) is 0 Å². The predicted octanol–water partition coefficient (Wildman–Crippen LogP) is 3.72. The van der Waals surface area contributed by atoms with E-state index in [4.69, 9.17) is 11.6 Å². The Balaban J connectivity index is 1.47. The largest absolute Gasteiger partial charge is 0.356 e. The fourth-order valence-electron chi connectivity index (χ4n) is 2.90. The monoisotopic (exact) mass is 374 g/mol. The molecule has 2 amide bonds. The highest BCUT2D eigenvalue weighted by Crippen LogP contribution is 2.40. The first-order valence-electron chi connectivity index (χ1n) is 8.54. The van der Waals surface area contributed by atoms with Gasteiger partial charge in [-0.2, -0.15) is 0 Å². The molecule has 2 aromatic carbocycles. The van der Waals surface area contributed by atoms with Crippen LogP contribution in [0.5, 0.6) is 0 Å². The first-order chi connectivity index (χ1) is 12.5. The molecule has 0 spiro atoms. The number of hydrogen-bond acceptors (Lipinski definition) is 2. The van der Waals surface area contributed by atoms with Gasteiger partial charge in [0.05, 0.1) is 11.8 Å². The molecule has 6 heteroatoms. The zero-order valence-electron chi connectivity index (χ0n) is 14.4. The predicted molar refractivity (Wildman–Crippen MR) is 99.5 cm³/mol. The number of carbonyl (C=O) groups is 2. The maximum absolute atomic E-state index is 13.5. The van der Waals surface area contributed by atoms with Gasteiger partial charge in [0.15, 0.2) is 0 Å². The zero-order chi connectivity index (χ0) is 18.7. The van der Waals surface area contributed by atoms with Gasteiger partial charge in [0.2, 0.25) is 11.8 Å². The van der Waals surface area contributed by atoms with Crippen LogP contribution < -0.4 is 10.6 Å². The molecule has 2 aromatic rings. The summed E-state index contributed by atoms with van der Waals surface area (Å²) in [6.45, 7) is 2.18. The number of rotatable bonds is 6.